The summed E-state index contributed by atoms with van der Waals surface area (Å²) >= 11 is 2.82. The molecule has 1 amide bonds. The van der Waals surface area contributed by atoms with Gasteiger partial charge in [0.1, 0.15) is 12.4 Å². The molecule has 0 bridgehead atoms. The molecule has 0 aliphatic carbocycles. The number of rotatable bonds is 6. The fourth-order valence-corrected chi connectivity index (χ4v) is 5.17. The summed E-state index contributed by atoms with van der Waals surface area (Å²) in [6, 6.07) is 26.0. The summed E-state index contributed by atoms with van der Waals surface area (Å²) in [5, 5.41) is 3.23. The molecule has 5 nitrogen and oxygen atoms in total. The van der Waals surface area contributed by atoms with E-state index in [-0.39, 0.29) is 5.91 Å². The van der Waals surface area contributed by atoms with Gasteiger partial charge in [0.15, 0.2) is 5.17 Å². The molecule has 1 saturated heterocycles. The zero-order valence-corrected chi connectivity index (χ0v) is 21.0. The predicted octanol–water partition coefficient (Wildman–Crippen LogP) is 6.93. The molecule has 0 atom stereocenters. The lowest BCUT2D eigenvalue weighted by Gasteiger charge is -2.07. The van der Waals surface area contributed by atoms with E-state index in [4.69, 9.17) is 4.74 Å². The Bertz CT molecular complexity index is 1390. The molecule has 2 heterocycles. The summed E-state index contributed by atoms with van der Waals surface area (Å²) in [7, 11) is 1.74. The van der Waals surface area contributed by atoms with E-state index in [0.717, 1.165) is 28.1 Å². The Morgan fingerprint density at radius 3 is 2.49 bits per heavy atom. The van der Waals surface area contributed by atoms with Crippen molar-refractivity contribution in [3.05, 3.63) is 106 Å². The molecule has 35 heavy (non-hydrogen) atoms. The summed E-state index contributed by atoms with van der Waals surface area (Å²) in [6.07, 6.45) is 1.88. The van der Waals surface area contributed by atoms with Crippen molar-refractivity contribution in [1.82, 2.24) is 9.88 Å². The number of amides is 1. The Kier molecular flexibility index (Phi) is 6.79. The van der Waals surface area contributed by atoms with Crippen LogP contribution in [0.5, 0.6) is 5.75 Å². The van der Waals surface area contributed by atoms with Crippen LogP contribution < -0.4 is 4.74 Å². The quantitative estimate of drug-likeness (QED) is 0.271. The highest BCUT2D eigenvalue weighted by Crippen LogP contribution is 2.35. The third-order valence-electron chi connectivity index (χ3n) is 5.46. The summed E-state index contributed by atoms with van der Waals surface area (Å²) in [5.41, 5.74) is 5.21. The number of ether oxygens (including phenoxy) is 1. The zero-order valence-electron chi connectivity index (χ0n) is 19.3. The first-order chi connectivity index (χ1) is 17.0. The van der Waals surface area contributed by atoms with Gasteiger partial charge in [-0.25, -0.2) is 4.98 Å². The fourth-order valence-electron chi connectivity index (χ4n) is 3.45. The summed E-state index contributed by atoms with van der Waals surface area (Å²) in [5.74, 6) is 0.712. The molecular weight excluding hydrogens is 474 g/mol. The molecule has 4 aromatic rings. The van der Waals surface area contributed by atoms with Crippen molar-refractivity contribution < 1.29 is 9.53 Å². The number of carbonyl (C=O) groups excluding carboxylic acids is 1. The number of nitrogens with zero attached hydrogens (tertiary/aromatic N) is 3. The van der Waals surface area contributed by atoms with Gasteiger partial charge in [0.05, 0.1) is 10.6 Å². The number of aryl methyl sites for hydroxylation is 1. The van der Waals surface area contributed by atoms with Crippen LogP contribution >= 0.6 is 23.1 Å². The van der Waals surface area contributed by atoms with Gasteiger partial charge in [-0.2, -0.15) is 4.99 Å². The Morgan fingerprint density at radius 1 is 1.00 bits per heavy atom. The molecule has 174 valence electrons. The van der Waals surface area contributed by atoms with Crippen LogP contribution in [0.3, 0.4) is 0 Å². The number of aliphatic imine (C=N–C) groups is 1. The van der Waals surface area contributed by atoms with Crippen molar-refractivity contribution in [3.8, 4) is 17.0 Å². The van der Waals surface area contributed by atoms with E-state index in [1.807, 2.05) is 66.1 Å². The van der Waals surface area contributed by atoms with Crippen molar-refractivity contribution >= 4 is 45.4 Å². The second-order valence-corrected chi connectivity index (χ2v) is 9.94. The first-order valence-corrected chi connectivity index (χ1v) is 12.8. The van der Waals surface area contributed by atoms with Crippen LogP contribution in [0.25, 0.3) is 17.3 Å². The lowest BCUT2D eigenvalue weighted by Crippen LogP contribution is -2.23. The van der Waals surface area contributed by atoms with Crippen LogP contribution in [0.15, 0.2) is 94.1 Å². The molecule has 1 aliphatic heterocycles. The number of thiazole rings is 1. The molecule has 1 fully saturated rings. The molecule has 0 saturated carbocycles. The van der Waals surface area contributed by atoms with E-state index in [0.29, 0.717) is 21.8 Å². The smallest absolute Gasteiger partial charge is 0.266 e. The third-order valence-corrected chi connectivity index (χ3v) is 7.26. The number of thioether (sulfide) groups is 1. The van der Waals surface area contributed by atoms with Crippen molar-refractivity contribution in [3.63, 3.8) is 0 Å². The van der Waals surface area contributed by atoms with Crippen LogP contribution in [0.4, 0.5) is 5.13 Å². The van der Waals surface area contributed by atoms with Gasteiger partial charge >= 0.3 is 0 Å². The second-order valence-electron chi connectivity index (χ2n) is 8.09. The minimum atomic E-state index is -0.0757. The molecule has 3 aromatic carbocycles. The highest BCUT2D eigenvalue weighted by molar-refractivity contribution is 8.18. The maximum atomic E-state index is 12.8. The van der Waals surface area contributed by atoms with Crippen LogP contribution in [0.1, 0.15) is 16.7 Å². The molecule has 0 N–H and O–H groups in total. The van der Waals surface area contributed by atoms with Gasteiger partial charge in [-0.1, -0.05) is 72.3 Å². The average Bonchev–Trinajstić information content (AvgIpc) is 3.46. The van der Waals surface area contributed by atoms with Crippen molar-refractivity contribution in [2.24, 2.45) is 4.99 Å². The molecule has 1 aliphatic rings. The highest BCUT2D eigenvalue weighted by Gasteiger charge is 2.30. The molecule has 5 rings (SSSR count). The lowest BCUT2D eigenvalue weighted by atomic mass is 10.1. The number of amidine groups is 1. The zero-order chi connectivity index (χ0) is 24.2. The van der Waals surface area contributed by atoms with Crippen LogP contribution in [0.2, 0.25) is 0 Å². The van der Waals surface area contributed by atoms with E-state index < -0.39 is 0 Å². The van der Waals surface area contributed by atoms with Crippen LogP contribution in [-0.2, 0) is 11.4 Å². The van der Waals surface area contributed by atoms with Crippen molar-refractivity contribution in [2.45, 2.75) is 13.5 Å². The van der Waals surface area contributed by atoms with Crippen molar-refractivity contribution in [1.29, 1.82) is 0 Å². The van der Waals surface area contributed by atoms with Gasteiger partial charge in [-0.3, -0.25) is 9.69 Å². The molecule has 0 spiro atoms. The summed E-state index contributed by atoms with van der Waals surface area (Å²) < 4.78 is 5.89. The maximum absolute atomic E-state index is 12.8. The SMILES string of the molecule is Cc1ccc(COc2ccc(/C=C3\S/C(=N/c4nc(-c5ccccc5)cs4)N(C)C3=O)cc2)cc1. The number of aromatic nitrogens is 1. The standard InChI is InChI=1S/C28H23N3O2S2/c1-19-8-10-21(11-9-19)17-33-23-14-12-20(13-15-23)16-25-26(32)31(2)28(35-25)30-27-29-24(18-34-27)22-6-4-3-5-7-22/h3-16,18H,17H2,1-2H3/b25-16-,30-28+. The monoisotopic (exact) mass is 497 g/mol. The van der Waals surface area contributed by atoms with Gasteiger partial charge in [0.2, 0.25) is 5.13 Å². The first kappa shape index (κ1) is 23.1. The Morgan fingerprint density at radius 2 is 1.74 bits per heavy atom. The molecule has 1 aromatic heterocycles. The minimum absolute atomic E-state index is 0.0757. The largest absolute Gasteiger partial charge is 0.489 e. The summed E-state index contributed by atoms with van der Waals surface area (Å²) in [6.45, 7) is 2.58. The first-order valence-electron chi connectivity index (χ1n) is 11.1. The van der Waals surface area contributed by atoms with E-state index in [1.54, 1.807) is 11.9 Å². The Labute approximate surface area is 212 Å². The van der Waals surface area contributed by atoms with Gasteiger partial charge < -0.3 is 4.74 Å². The average molecular weight is 498 g/mol. The normalized spacial score (nSPS) is 15.8. The number of hydrogen-bond donors (Lipinski definition) is 0. The van der Waals surface area contributed by atoms with Crippen molar-refractivity contribution in [2.75, 3.05) is 7.05 Å². The Balaban J connectivity index is 1.26. The van der Waals surface area contributed by atoms with Gasteiger partial charge in [0.25, 0.3) is 5.91 Å². The maximum Gasteiger partial charge on any atom is 0.266 e. The lowest BCUT2D eigenvalue weighted by molar-refractivity contribution is -0.121. The summed E-state index contributed by atoms with van der Waals surface area (Å²) in [4.78, 5) is 24.2. The van der Waals surface area contributed by atoms with E-state index >= 15 is 0 Å². The van der Waals surface area contributed by atoms with Gasteiger partial charge in [0, 0.05) is 18.0 Å². The fraction of sp³-hybridized carbons (Fsp3) is 0.107. The molecule has 7 heteroatoms. The minimum Gasteiger partial charge on any atom is -0.489 e. The number of likely N-dealkylation sites (N-methyl/N-ethyl adjacent to an activating group) is 1. The topological polar surface area (TPSA) is 54.8 Å². The Hall–Kier alpha value is -3.68. The van der Waals surface area contributed by atoms with E-state index in [1.165, 1.54) is 28.7 Å². The van der Waals surface area contributed by atoms with Crippen LogP contribution in [0, 0.1) is 6.92 Å². The molecule has 0 unspecified atom stereocenters. The molecule has 0 radical (unpaired) electrons. The van der Waals surface area contributed by atoms with Gasteiger partial charge in [-0.05, 0) is 48.0 Å². The van der Waals surface area contributed by atoms with E-state index in [2.05, 4.69) is 41.2 Å². The predicted molar refractivity (Wildman–Crippen MR) is 145 cm³/mol. The highest BCUT2D eigenvalue weighted by atomic mass is 32.2. The molecular formula is C28H23N3O2S2. The number of hydrogen-bond acceptors (Lipinski definition) is 6. The third kappa shape index (κ3) is 5.53. The van der Waals surface area contributed by atoms with Crippen LogP contribution in [-0.4, -0.2) is 28.0 Å². The second kappa shape index (κ2) is 10.3. The van der Waals surface area contributed by atoms with E-state index in [9.17, 15) is 4.79 Å². The number of benzene rings is 3. The number of carbonyl (C=O) groups is 1. The van der Waals surface area contributed by atoms with Gasteiger partial charge in [-0.15, -0.1) is 11.3 Å².